The molecule has 0 saturated heterocycles. The summed E-state index contributed by atoms with van der Waals surface area (Å²) in [5, 5.41) is 0. The van der Waals surface area contributed by atoms with Crippen molar-refractivity contribution in [1.29, 1.82) is 0 Å². The molecule has 0 aliphatic rings. The first-order valence-corrected chi connectivity index (χ1v) is 4.92. The van der Waals surface area contributed by atoms with Crippen LogP contribution in [0.5, 0.6) is 0 Å². The van der Waals surface area contributed by atoms with Gasteiger partial charge in [-0.3, -0.25) is 9.78 Å². The first-order chi connectivity index (χ1) is 6.99. The molecular formula is C11H15FN2O. The van der Waals surface area contributed by atoms with Crippen molar-refractivity contribution in [1.82, 2.24) is 4.98 Å². The molecule has 0 aliphatic heterocycles. The Kier molecular flexibility index (Phi) is 3.52. The van der Waals surface area contributed by atoms with E-state index in [4.69, 9.17) is 5.73 Å². The minimum absolute atomic E-state index is 0.0171. The van der Waals surface area contributed by atoms with Crippen molar-refractivity contribution in [3.63, 3.8) is 0 Å². The predicted molar refractivity (Wildman–Crippen MR) is 56.0 cm³/mol. The van der Waals surface area contributed by atoms with E-state index >= 15 is 0 Å². The van der Waals surface area contributed by atoms with Crippen molar-refractivity contribution in [3.05, 3.63) is 29.8 Å². The Morgan fingerprint density at radius 3 is 2.87 bits per heavy atom. The molecule has 1 rings (SSSR count). The van der Waals surface area contributed by atoms with E-state index in [9.17, 15) is 9.18 Å². The molecule has 0 spiro atoms. The molecule has 0 fully saturated rings. The molecule has 0 aromatic carbocycles. The number of halogens is 1. The Labute approximate surface area is 88.5 Å². The lowest BCUT2D eigenvalue weighted by Gasteiger charge is -2.22. The standard InChI is InChI=1S/C11H15FN2O/c1-3-5-11(2,13)10(15)8-4-6-14-7-9(8)12/h4,6-7H,3,5,13H2,1-2H3. The van der Waals surface area contributed by atoms with Crippen LogP contribution in [0.2, 0.25) is 0 Å². The average Bonchev–Trinajstić information content (AvgIpc) is 2.17. The predicted octanol–water partition coefficient (Wildman–Crippen LogP) is 1.92. The van der Waals surface area contributed by atoms with Crippen LogP contribution < -0.4 is 5.73 Å². The fourth-order valence-corrected chi connectivity index (χ4v) is 1.50. The van der Waals surface area contributed by atoms with Crippen LogP contribution in [-0.4, -0.2) is 16.3 Å². The lowest BCUT2D eigenvalue weighted by molar-refractivity contribution is 0.0888. The quantitative estimate of drug-likeness (QED) is 0.772. The van der Waals surface area contributed by atoms with Gasteiger partial charge in [-0.05, 0) is 19.4 Å². The fourth-order valence-electron chi connectivity index (χ4n) is 1.50. The van der Waals surface area contributed by atoms with E-state index in [2.05, 4.69) is 4.98 Å². The summed E-state index contributed by atoms with van der Waals surface area (Å²) >= 11 is 0. The maximum Gasteiger partial charge on any atom is 0.185 e. The number of carbonyl (C=O) groups is 1. The van der Waals surface area contributed by atoms with Gasteiger partial charge < -0.3 is 5.73 Å². The SMILES string of the molecule is CCCC(C)(N)C(=O)c1ccncc1F. The molecule has 0 bridgehead atoms. The summed E-state index contributed by atoms with van der Waals surface area (Å²) in [6.07, 6.45) is 3.73. The number of rotatable bonds is 4. The van der Waals surface area contributed by atoms with Gasteiger partial charge in [0.2, 0.25) is 0 Å². The van der Waals surface area contributed by atoms with Crippen molar-refractivity contribution in [2.24, 2.45) is 5.73 Å². The van der Waals surface area contributed by atoms with E-state index in [1.54, 1.807) is 6.92 Å². The zero-order valence-corrected chi connectivity index (χ0v) is 8.96. The summed E-state index contributed by atoms with van der Waals surface area (Å²) in [7, 11) is 0. The van der Waals surface area contributed by atoms with E-state index in [0.29, 0.717) is 6.42 Å². The van der Waals surface area contributed by atoms with Gasteiger partial charge in [-0.25, -0.2) is 4.39 Å². The average molecular weight is 210 g/mol. The number of hydrogen-bond donors (Lipinski definition) is 1. The van der Waals surface area contributed by atoms with Gasteiger partial charge in [0.05, 0.1) is 17.3 Å². The molecule has 4 heteroatoms. The minimum atomic E-state index is -1.00. The number of nitrogens with two attached hydrogens (primary N) is 1. The zero-order chi connectivity index (χ0) is 11.5. The first kappa shape index (κ1) is 11.8. The maximum absolute atomic E-state index is 13.3. The molecule has 2 N–H and O–H groups in total. The molecule has 15 heavy (non-hydrogen) atoms. The number of hydrogen-bond acceptors (Lipinski definition) is 3. The lowest BCUT2D eigenvalue weighted by atomic mass is 9.88. The summed E-state index contributed by atoms with van der Waals surface area (Å²) in [5.74, 6) is -0.987. The molecular weight excluding hydrogens is 195 g/mol. The Morgan fingerprint density at radius 2 is 2.33 bits per heavy atom. The molecule has 0 amide bonds. The molecule has 1 aromatic rings. The number of aromatic nitrogens is 1. The first-order valence-electron chi connectivity index (χ1n) is 4.92. The van der Waals surface area contributed by atoms with Gasteiger partial charge in [0, 0.05) is 6.20 Å². The zero-order valence-electron chi connectivity index (χ0n) is 8.96. The molecule has 0 radical (unpaired) electrons. The monoisotopic (exact) mass is 210 g/mol. The molecule has 0 aliphatic carbocycles. The van der Waals surface area contributed by atoms with Crippen LogP contribution in [0, 0.1) is 5.82 Å². The van der Waals surface area contributed by atoms with Gasteiger partial charge in [-0.2, -0.15) is 0 Å². The molecule has 1 heterocycles. The van der Waals surface area contributed by atoms with Crippen LogP contribution in [0.4, 0.5) is 4.39 Å². The van der Waals surface area contributed by atoms with Crippen LogP contribution in [0.25, 0.3) is 0 Å². The highest BCUT2D eigenvalue weighted by molar-refractivity contribution is 6.02. The van der Waals surface area contributed by atoms with Gasteiger partial charge in [-0.1, -0.05) is 13.3 Å². The van der Waals surface area contributed by atoms with E-state index in [-0.39, 0.29) is 11.3 Å². The van der Waals surface area contributed by atoms with Crippen LogP contribution in [-0.2, 0) is 0 Å². The van der Waals surface area contributed by atoms with E-state index in [1.807, 2.05) is 6.92 Å². The Hall–Kier alpha value is -1.29. The van der Waals surface area contributed by atoms with Crippen LogP contribution in [0.3, 0.4) is 0 Å². The highest BCUT2D eigenvalue weighted by Gasteiger charge is 2.29. The molecule has 0 saturated carbocycles. The van der Waals surface area contributed by atoms with Crippen molar-refractivity contribution >= 4 is 5.78 Å². The van der Waals surface area contributed by atoms with Crippen molar-refractivity contribution < 1.29 is 9.18 Å². The highest BCUT2D eigenvalue weighted by Crippen LogP contribution is 2.17. The maximum atomic E-state index is 13.3. The second-order valence-corrected chi connectivity index (χ2v) is 3.85. The number of nitrogens with zero attached hydrogens (tertiary/aromatic N) is 1. The van der Waals surface area contributed by atoms with Crippen molar-refractivity contribution in [2.45, 2.75) is 32.2 Å². The van der Waals surface area contributed by atoms with E-state index in [0.717, 1.165) is 12.6 Å². The number of ketones is 1. The van der Waals surface area contributed by atoms with Crippen LogP contribution in [0.15, 0.2) is 18.5 Å². The van der Waals surface area contributed by atoms with E-state index in [1.165, 1.54) is 12.3 Å². The Balaban J connectivity index is 2.99. The number of carbonyl (C=O) groups excluding carboxylic acids is 1. The third kappa shape index (κ3) is 2.59. The topological polar surface area (TPSA) is 56.0 Å². The Bertz CT molecular complexity index is 363. The van der Waals surface area contributed by atoms with Gasteiger partial charge in [-0.15, -0.1) is 0 Å². The molecule has 82 valence electrons. The smallest absolute Gasteiger partial charge is 0.185 e. The van der Waals surface area contributed by atoms with Crippen molar-refractivity contribution in [2.75, 3.05) is 0 Å². The third-order valence-corrected chi connectivity index (χ3v) is 2.31. The molecule has 1 unspecified atom stereocenters. The second kappa shape index (κ2) is 4.49. The second-order valence-electron chi connectivity index (χ2n) is 3.85. The summed E-state index contributed by atoms with van der Waals surface area (Å²) in [6, 6.07) is 1.36. The van der Waals surface area contributed by atoms with Crippen LogP contribution >= 0.6 is 0 Å². The summed E-state index contributed by atoms with van der Waals surface area (Å²) in [6.45, 7) is 3.56. The normalized spacial score (nSPS) is 14.7. The lowest BCUT2D eigenvalue weighted by Crippen LogP contribution is -2.45. The summed E-state index contributed by atoms with van der Waals surface area (Å²) in [4.78, 5) is 15.5. The van der Waals surface area contributed by atoms with Gasteiger partial charge in [0.1, 0.15) is 0 Å². The molecule has 1 atom stereocenters. The van der Waals surface area contributed by atoms with Gasteiger partial charge in [0.15, 0.2) is 11.6 Å². The Morgan fingerprint density at radius 1 is 1.67 bits per heavy atom. The van der Waals surface area contributed by atoms with Crippen molar-refractivity contribution in [3.8, 4) is 0 Å². The third-order valence-electron chi connectivity index (χ3n) is 2.31. The summed E-state index contributed by atoms with van der Waals surface area (Å²) < 4.78 is 13.3. The van der Waals surface area contributed by atoms with E-state index < -0.39 is 11.4 Å². The minimum Gasteiger partial charge on any atom is -0.319 e. The summed E-state index contributed by atoms with van der Waals surface area (Å²) in [5.41, 5.74) is 4.85. The largest absolute Gasteiger partial charge is 0.319 e. The molecule has 1 aromatic heterocycles. The number of Topliss-reactive ketones (excluding diaryl/α,β-unsaturated/α-hetero) is 1. The fraction of sp³-hybridized carbons (Fsp3) is 0.455. The highest BCUT2D eigenvalue weighted by atomic mass is 19.1. The molecule has 3 nitrogen and oxygen atoms in total. The number of pyridine rings is 1. The van der Waals surface area contributed by atoms with Gasteiger partial charge in [0.25, 0.3) is 0 Å². The van der Waals surface area contributed by atoms with Crippen LogP contribution in [0.1, 0.15) is 37.0 Å². The van der Waals surface area contributed by atoms with Gasteiger partial charge >= 0.3 is 0 Å².